The average molecular weight is 291 g/mol. The quantitative estimate of drug-likeness (QED) is 0.836. The molecule has 114 valence electrons. The third-order valence-electron chi connectivity index (χ3n) is 2.66. The molecule has 0 radical (unpaired) electrons. The van der Waals surface area contributed by atoms with Gasteiger partial charge in [0.15, 0.2) is 0 Å². The van der Waals surface area contributed by atoms with Crippen LogP contribution < -0.4 is 10.1 Å². The summed E-state index contributed by atoms with van der Waals surface area (Å²) in [5, 5.41) is 3.00. The molecule has 3 nitrogen and oxygen atoms in total. The van der Waals surface area contributed by atoms with Gasteiger partial charge in [0.2, 0.25) is 0 Å². The van der Waals surface area contributed by atoms with Crippen LogP contribution in [0.4, 0.5) is 13.2 Å². The van der Waals surface area contributed by atoms with Crippen LogP contribution in [0.15, 0.2) is 18.2 Å². The molecule has 6 heteroatoms. The standard InChI is InChI=1S/C14H20F3NO2/c1-4-18-8-11-5-6-13(20-10(2)9-19-3)12(7-11)14(15,16)17/h5-7,10,18H,4,8-9H2,1-3H3. The first-order valence-electron chi connectivity index (χ1n) is 6.45. The van der Waals surface area contributed by atoms with Crippen LogP contribution in [0.3, 0.4) is 0 Å². The molecule has 1 aromatic carbocycles. The van der Waals surface area contributed by atoms with Crippen molar-refractivity contribution in [2.45, 2.75) is 32.7 Å². The lowest BCUT2D eigenvalue weighted by Gasteiger charge is -2.19. The fourth-order valence-corrected chi connectivity index (χ4v) is 1.77. The molecule has 1 N–H and O–H groups in total. The smallest absolute Gasteiger partial charge is 0.419 e. The molecule has 0 saturated heterocycles. The van der Waals surface area contributed by atoms with Crippen molar-refractivity contribution >= 4 is 0 Å². The number of benzene rings is 1. The van der Waals surface area contributed by atoms with Gasteiger partial charge in [-0.2, -0.15) is 13.2 Å². The summed E-state index contributed by atoms with van der Waals surface area (Å²) in [5.41, 5.74) is -0.179. The minimum Gasteiger partial charge on any atom is -0.488 e. The third kappa shape index (κ3) is 5.02. The number of halogens is 3. The molecule has 0 aliphatic carbocycles. The van der Waals surface area contributed by atoms with Crippen LogP contribution in [0.25, 0.3) is 0 Å². The van der Waals surface area contributed by atoms with Crippen molar-refractivity contribution in [2.75, 3.05) is 20.3 Å². The van der Waals surface area contributed by atoms with Gasteiger partial charge < -0.3 is 14.8 Å². The molecular weight excluding hydrogens is 271 g/mol. The van der Waals surface area contributed by atoms with E-state index in [1.165, 1.54) is 13.2 Å². The molecule has 1 atom stereocenters. The van der Waals surface area contributed by atoms with Crippen LogP contribution in [0.2, 0.25) is 0 Å². The average Bonchev–Trinajstić information content (AvgIpc) is 2.36. The lowest BCUT2D eigenvalue weighted by atomic mass is 10.1. The molecule has 1 rings (SSSR count). The van der Waals surface area contributed by atoms with E-state index in [-0.39, 0.29) is 12.4 Å². The predicted octanol–water partition coefficient (Wildman–Crippen LogP) is 3.23. The Morgan fingerprint density at radius 1 is 1.30 bits per heavy atom. The maximum Gasteiger partial charge on any atom is 0.419 e. The van der Waals surface area contributed by atoms with E-state index in [9.17, 15) is 13.2 Å². The second-order valence-electron chi connectivity index (χ2n) is 4.49. The molecule has 0 aliphatic heterocycles. The number of alkyl halides is 3. The van der Waals surface area contributed by atoms with Crippen molar-refractivity contribution in [1.82, 2.24) is 5.32 Å². The van der Waals surface area contributed by atoms with E-state index in [1.54, 1.807) is 13.0 Å². The summed E-state index contributed by atoms with van der Waals surface area (Å²) in [6, 6.07) is 4.12. The molecule has 0 fully saturated rings. The number of nitrogens with one attached hydrogen (secondary N) is 1. The summed E-state index contributed by atoms with van der Waals surface area (Å²) < 4.78 is 49.3. The van der Waals surface area contributed by atoms with Crippen molar-refractivity contribution in [2.24, 2.45) is 0 Å². The van der Waals surface area contributed by atoms with E-state index in [0.29, 0.717) is 18.7 Å². The van der Waals surface area contributed by atoms with Crippen LogP contribution in [-0.4, -0.2) is 26.4 Å². The second-order valence-corrected chi connectivity index (χ2v) is 4.49. The van der Waals surface area contributed by atoms with Gasteiger partial charge in [-0.1, -0.05) is 13.0 Å². The Morgan fingerprint density at radius 3 is 2.55 bits per heavy atom. The van der Waals surface area contributed by atoms with E-state index >= 15 is 0 Å². The van der Waals surface area contributed by atoms with E-state index in [1.807, 2.05) is 6.92 Å². The van der Waals surface area contributed by atoms with E-state index < -0.39 is 17.8 Å². The first-order chi connectivity index (χ1) is 9.38. The minimum absolute atomic E-state index is 0.165. The SMILES string of the molecule is CCNCc1ccc(OC(C)COC)c(C(F)(F)F)c1. The fraction of sp³-hybridized carbons (Fsp3) is 0.571. The van der Waals surface area contributed by atoms with Crippen LogP contribution in [0.5, 0.6) is 5.75 Å². The largest absolute Gasteiger partial charge is 0.488 e. The van der Waals surface area contributed by atoms with Crippen molar-refractivity contribution in [1.29, 1.82) is 0 Å². The highest BCUT2D eigenvalue weighted by Gasteiger charge is 2.35. The summed E-state index contributed by atoms with van der Waals surface area (Å²) in [6.07, 6.45) is -4.88. The van der Waals surface area contributed by atoms with Gasteiger partial charge in [-0.05, 0) is 31.2 Å². The zero-order valence-corrected chi connectivity index (χ0v) is 11.9. The summed E-state index contributed by atoms with van der Waals surface area (Å²) in [7, 11) is 1.48. The van der Waals surface area contributed by atoms with Gasteiger partial charge >= 0.3 is 6.18 Å². The van der Waals surface area contributed by atoms with Gasteiger partial charge in [0.05, 0.1) is 12.2 Å². The topological polar surface area (TPSA) is 30.5 Å². The number of ether oxygens (including phenoxy) is 2. The number of hydrogen-bond donors (Lipinski definition) is 1. The highest BCUT2D eigenvalue weighted by molar-refractivity contribution is 5.39. The van der Waals surface area contributed by atoms with Crippen molar-refractivity contribution in [3.63, 3.8) is 0 Å². The van der Waals surface area contributed by atoms with Crippen molar-refractivity contribution < 1.29 is 22.6 Å². The first kappa shape index (κ1) is 16.8. The Morgan fingerprint density at radius 2 is 2.00 bits per heavy atom. The van der Waals surface area contributed by atoms with Crippen molar-refractivity contribution in [3.8, 4) is 5.75 Å². The third-order valence-corrected chi connectivity index (χ3v) is 2.66. The molecule has 0 saturated carbocycles. The number of hydrogen-bond acceptors (Lipinski definition) is 3. The van der Waals surface area contributed by atoms with Crippen LogP contribution in [0, 0.1) is 0 Å². The zero-order valence-electron chi connectivity index (χ0n) is 11.9. The molecule has 0 aromatic heterocycles. The van der Waals surface area contributed by atoms with Gasteiger partial charge in [-0.25, -0.2) is 0 Å². The van der Waals surface area contributed by atoms with E-state index in [4.69, 9.17) is 9.47 Å². The molecule has 0 heterocycles. The van der Waals surface area contributed by atoms with Gasteiger partial charge in [-0.3, -0.25) is 0 Å². The van der Waals surface area contributed by atoms with Gasteiger partial charge in [0, 0.05) is 13.7 Å². The molecule has 0 aliphatic rings. The monoisotopic (exact) mass is 291 g/mol. The second kappa shape index (κ2) is 7.50. The summed E-state index contributed by atoms with van der Waals surface area (Å²) in [5.74, 6) is -0.165. The van der Waals surface area contributed by atoms with Crippen LogP contribution >= 0.6 is 0 Å². The van der Waals surface area contributed by atoms with Gasteiger partial charge in [-0.15, -0.1) is 0 Å². The Labute approximate surface area is 117 Å². The van der Waals surface area contributed by atoms with Gasteiger partial charge in [0.25, 0.3) is 0 Å². The van der Waals surface area contributed by atoms with Crippen LogP contribution in [0.1, 0.15) is 25.0 Å². The molecule has 1 aromatic rings. The number of rotatable bonds is 7. The zero-order chi connectivity index (χ0) is 15.2. The molecule has 0 bridgehead atoms. The van der Waals surface area contributed by atoms with Gasteiger partial charge in [0.1, 0.15) is 11.9 Å². The normalized spacial score (nSPS) is 13.3. The molecule has 0 amide bonds. The molecule has 0 spiro atoms. The molecular formula is C14H20F3NO2. The number of methoxy groups -OCH3 is 1. The highest BCUT2D eigenvalue weighted by atomic mass is 19.4. The summed E-state index contributed by atoms with van der Waals surface area (Å²) in [6.45, 7) is 4.89. The Hall–Kier alpha value is -1.27. The predicted molar refractivity (Wildman–Crippen MR) is 70.8 cm³/mol. The highest BCUT2D eigenvalue weighted by Crippen LogP contribution is 2.37. The Bertz CT molecular complexity index is 421. The van der Waals surface area contributed by atoms with Crippen LogP contribution in [-0.2, 0) is 17.5 Å². The Balaban J connectivity index is 2.98. The summed E-state index contributed by atoms with van der Waals surface area (Å²) in [4.78, 5) is 0. The minimum atomic E-state index is -4.44. The summed E-state index contributed by atoms with van der Waals surface area (Å²) >= 11 is 0. The maximum absolute atomic E-state index is 13.1. The molecule has 20 heavy (non-hydrogen) atoms. The first-order valence-corrected chi connectivity index (χ1v) is 6.45. The Kier molecular flexibility index (Phi) is 6.29. The lowest BCUT2D eigenvalue weighted by molar-refractivity contribution is -0.139. The van der Waals surface area contributed by atoms with E-state index in [2.05, 4.69) is 5.32 Å². The fourth-order valence-electron chi connectivity index (χ4n) is 1.77. The van der Waals surface area contributed by atoms with Crippen molar-refractivity contribution in [3.05, 3.63) is 29.3 Å². The lowest BCUT2D eigenvalue weighted by Crippen LogP contribution is -2.21. The molecule has 1 unspecified atom stereocenters. The van der Waals surface area contributed by atoms with E-state index in [0.717, 1.165) is 6.07 Å². The maximum atomic E-state index is 13.1.